The second-order valence-electron chi connectivity index (χ2n) is 3.60. The first-order chi connectivity index (χ1) is 8.72. The largest absolute Gasteiger partial charge is 0.439 e. The fraction of sp³-hybridized carbons (Fsp3) is 0.0769. The van der Waals surface area contributed by atoms with Crippen LogP contribution in [0.4, 0.5) is 5.69 Å². The van der Waals surface area contributed by atoms with Gasteiger partial charge in [0.2, 0.25) is 5.88 Å². The summed E-state index contributed by atoms with van der Waals surface area (Å²) < 4.78 is 5.48. The fourth-order valence-electron chi connectivity index (χ4n) is 1.38. The highest BCUT2D eigenvalue weighted by Crippen LogP contribution is 2.21. The Morgan fingerprint density at radius 1 is 1.22 bits per heavy atom. The number of aliphatic hydroxyl groups excluding tert-OH is 1. The van der Waals surface area contributed by atoms with E-state index in [9.17, 15) is 0 Å². The van der Waals surface area contributed by atoms with Crippen molar-refractivity contribution in [3.63, 3.8) is 0 Å². The summed E-state index contributed by atoms with van der Waals surface area (Å²) in [6.45, 7) is -0.0149. The molecule has 2 aromatic rings. The van der Waals surface area contributed by atoms with Crippen LogP contribution in [0.5, 0.6) is 11.6 Å². The molecule has 0 fully saturated rings. The average Bonchev–Trinajstić information content (AvgIpc) is 2.42. The number of pyridine rings is 1. The van der Waals surface area contributed by atoms with Crippen LogP contribution < -0.4 is 10.5 Å². The number of aliphatic hydroxyl groups is 1. The molecule has 0 aliphatic heterocycles. The van der Waals surface area contributed by atoms with E-state index in [0.717, 1.165) is 5.56 Å². The number of hydrogen-bond acceptors (Lipinski definition) is 5. The number of nitrogens with zero attached hydrogens (tertiary/aromatic N) is 2. The summed E-state index contributed by atoms with van der Waals surface area (Å²) in [6.07, 6.45) is 0. The molecule has 0 bridgehead atoms. The molecular weight excluding hydrogens is 230 g/mol. The monoisotopic (exact) mass is 241 g/mol. The lowest BCUT2D eigenvalue weighted by Crippen LogP contribution is -1.96. The Morgan fingerprint density at radius 3 is 2.56 bits per heavy atom. The van der Waals surface area contributed by atoms with Crippen LogP contribution in [0.15, 0.2) is 36.4 Å². The smallest absolute Gasteiger partial charge is 0.220 e. The predicted octanol–water partition coefficient (Wildman–Crippen LogP) is 1.82. The highest BCUT2D eigenvalue weighted by molar-refractivity contribution is 5.51. The zero-order valence-electron chi connectivity index (χ0n) is 9.50. The number of hydrogen-bond donors (Lipinski definition) is 2. The Hall–Kier alpha value is -2.58. The number of ether oxygens (including phenoxy) is 1. The molecule has 5 nitrogen and oxygen atoms in total. The standard InChI is InChI=1S/C13H11N3O2/c14-7-12-11(15)5-6-13(16-12)18-10-3-1-9(8-17)2-4-10/h1-6,17H,8,15H2. The summed E-state index contributed by atoms with van der Waals surface area (Å²) in [5.41, 5.74) is 6.82. The van der Waals surface area contributed by atoms with Gasteiger partial charge >= 0.3 is 0 Å². The van der Waals surface area contributed by atoms with Crippen LogP contribution in [-0.2, 0) is 6.61 Å². The normalized spacial score (nSPS) is 9.78. The van der Waals surface area contributed by atoms with Crippen molar-refractivity contribution in [2.75, 3.05) is 5.73 Å². The van der Waals surface area contributed by atoms with E-state index in [1.807, 2.05) is 6.07 Å². The maximum atomic E-state index is 8.91. The first kappa shape index (κ1) is 11.9. The van der Waals surface area contributed by atoms with Crippen molar-refractivity contribution in [2.24, 2.45) is 0 Å². The summed E-state index contributed by atoms with van der Waals surface area (Å²) >= 11 is 0. The van der Waals surface area contributed by atoms with Crippen molar-refractivity contribution in [1.29, 1.82) is 5.26 Å². The molecule has 0 spiro atoms. The Bertz CT molecular complexity index is 588. The minimum atomic E-state index is -0.0149. The molecule has 3 N–H and O–H groups in total. The van der Waals surface area contributed by atoms with Gasteiger partial charge in [-0.1, -0.05) is 12.1 Å². The number of benzene rings is 1. The number of nitrogen functional groups attached to an aromatic ring is 1. The third-order valence-electron chi connectivity index (χ3n) is 2.34. The average molecular weight is 241 g/mol. The lowest BCUT2D eigenvalue weighted by Gasteiger charge is -2.06. The molecule has 90 valence electrons. The van der Waals surface area contributed by atoms with E-state index >= 15 is 0 Å². The topological polar surface area (TPSA) is 92.2 Å². The molecule has 18 heavy (non-hydrogen) atoms. The van der Waals surface area contributed by atoms with Crippen LogP contribution in [0.3, 0.4) is 0 Å². The number of anilines is 1. The van der Waals surface area contributed by atoms with Crippen molar-refractivity contribution >= 4 is 5.69 Å². The number of aromatic nitrogens is 1. The molecule has 1 heterocycles. The number of rotatable bonds is 3. The lowest BCUT2D eigenvalue weighted by atomic mass is 10.2. The summed E-state index contributed by atoms with van der Waals surface area (Å²) in [6, 6.07) is 12.0. The molecule has 0 atom stereocenters. The zero-order valence-corrected chi connectivity index (χ0v) is 9.50. The van der Waals surface area contributed by atoms with E-state index in [1.165, 1.54) is 0 Å². The van der Waals surface area contributed by atoms with Gasteiger partial charge in [0.1, 0.15) is 11.8 Å². The second-order valence-corrected chi connectivity index (χ2v) is 3.60. The summed E-state index contributed by atoms with van der Waals surface area (Å²) in [4.78, 5) is 3.97. The van der Waals surface area contributed by atoms with Gasteiger partial charge in [0.05, 0.1) is 12.3 Å². The van der Waals surface area contributed by atoms with Crippen molar-refractivity contribution < 1.29 is 9.84 Å². The van der Waals surface area contributed by atoms with Gasteiger partial charge in [-0.15, -0.1) is 0 Å². The quantitative estimate of drug-likeness (QED) is 0.855. The van der Waals surface area contributed by atoms with Crippen LogP contribution >= 0.6 is 0 Å². The molecule has 2 rings (SSSR count). The third-order valence-corrected chi connectivity index (χ3v) is 2.34. The van der Waals surface area contributed by atoms with Gasteiger partial charge in [0.15, 0.2) is 5.69 Å². The molecule has 0 aliphatic rings. The van der Waals surface area contributed by atoms with E-state index in [0.29, 0.717) is 17.3 Å². The number of nitriles is 1. The third kappa shape index (κ3) is 2.56. The van der Waals surface area contributed by atoms with Crippen LogP contribution in [-0.4, -0.2) is 10.1 Å². The van der Waals surface area contributed by atoms with E-state index in [-0.39, 0.29) is 12.3 Å². The van der Waals surface area contributed by atoms with Gasteiger partial charge in [0, 0.05) is 6.07 Å². The molecule has 0 saturated carbocycles. The Kier molecular flexibility index (Phi) is 3.41. The summed E-state index contributed by atoms with van der Waals surface area (Å²) in [5.74, 6) is 0.880. The molecule has 1 aromatic carbocycles. The maximum absolute atomic E-state index is 8.91. The summed E-state index contributed by atoms with van der Waals surface area (Å²) in [5, 5.41) is 17.7. The lowest BCUT2D eigenvalue weighted by molar-refractivity contribution is 0.281. The first-order valence-electron chi connectivity index (χ1n) is 5.27. The Morgan fingerprint density at radius 2 is 1.94 bits per heavy atom. The Labute approximate surface area is 104 Å². The molecule has 0 saturated heterocycles. The van der Waals surface area contributed by atoms with E-state index < -0.39 is 0 Å². The Balaban J connectivity index is 2.20. The maximum Gasteiger partial charge on any atom is 0.220 e. The van der Waals surface area contributed by atoms with Gasteiger partial charge in [-0.2, -0.15) is 5.26 Å². The second kappa shape index (κ2) is 5.17. The van der Waals surface area contributed by atoms with Crippen LogP contribution in [0.1, 0.15) is 11.3 Å². The highest BCUT2D eigenvalue weighted by Gasteiger charge is 2.04. The molecule has 0 radical (unpaired) electrons. The molecule has 0 unspecified atom stereocenters. The van der Waals surface area contributed by atoms with Crippen molar-refractivity contribution in [3.8, 4) is 17.7 Å². The molecule has 5 heteroatoms. The van der Waals surface area contributed by atoms with Crippen molar-refractivity contribution in [1.82, 2.24) is 4.98 Å². The first-order valence-corrected chi connectivity index (χ1v) is 5.27. The minimum absolute atomic E-state index is 0.0149. The number of nitrogens with two attached hydrogens (primary N) is 1. The minimum Gasteiger partial charge on any atom is -0.439 e. The van der Waals surface area contributed by atoms with Crippen LogP contribution in [0, 0.1) is 11.3 Å². The van der Waals surface area contributed by atoms with Gasteiger partial charge < -0.3 is 15.6 Å². The molecule has 0 aliphatic carbocycles. The van der Waals surface area contributed by atoms with Crippen molar-refractivity contribution in [2.45, 2.75) is 6.61 Å². The molecular formula is C13H11N3O2. The van der Waals surface area contributed by atoms with E-state index in [1.54, 1.807) is 36.4 Å². The van der Waals surface area contributed by atoms with E-state index in [4.69, 9.17) is 20.8 Å². The highest BCUT2D eigenvalue weighted by atomic mass is 16.5. The van der Waals surface area contributed by atoms with Crippen LogP contribution in [0.25, 0.3) is 0 Å². The van der Waals surface area contributed by atoms with Gasteiger partial charge in [0.25, 0.3) is 0 Å². The SMILES string of the molecule is N#Cc1nc(Oc2ccc(CO)cc2)ccc1N. The van der Waals surface area contributed by atoms with Gasteiger partial charge in [-0.05, 0) is 23.8 Å². The summed E-state index contributed by atoms with van der Waals surface area (Å²) in [7, 11) is 0. The molecule has 0 amide bonds. The van der Waals surface area contributed by atoms with E-state index in [2.05, 4.69) is 4.98 Å². The zero-order chi connectivity index (χ0) is 13.0. The molecule has 1 aromatic heterocycles. The van der Waals surface area contributed by atoms with Gasteiger partial charge in [-0.25, -0.2) is 4.98 Å². The predicted molar refractivity (Wildman–Crippen MR) is 65.8 cm³/mol. The van der Waals surface area contributed by atoms with Crippen LogP contribution in [0.2, 0.25) is 0 Å². The van der Waals surface area contributed by atoms with Crippen molar-refractivity contribution in [3.05, 3.63) is 47.7 Å². The fourth-order valence-corrected chi connectivity index (χ4v) is 1.38. The van der Waals surface area contributed by atoms with Gasteiger partial charge in [-0.3, -0.25) is 0 Å².